The van der Waals surface area contributed by atoms with Crippen LogP contribution in [0.25, 0.3) is 10.2 Å². The van der Waals surface area contributed by atoms with Gasteiger partial charge in [0.25, 0.3) is 5.56 Å². The van der Waals surface area contributed by atoms with Crippen LogP contribution in [-0.2, 0) is 17.6 Å². The van der Waals surface area contributed by atoms with Gasteiger partial charge < -0.3 is 0 Å². The van der Waals surface area contributed by atoms with Crippen LogP contribution in [0.1, 0.15) is 43.2 Å². The molecule has 2 aromatic heterocycles. The Labute approximate surface area is 115 Å². The third-order valence-corrected chi connectivity index (χ3v) is 5.11. The highest BCUT2D eigenvalue weighted by Gasteiger charge is 2.21. The molecule has 2 heterocycles. The summed E-state index contributed by atoms with van der Waals surface area (Å²) >= 11 is 1.63. The highest BCUT2D eigenvalue weighted by molar-refractivity contribution is 7.18. The molecule has 1 aliphatic carbocycles. The maximum absolute atomic E-state index is 12.6. The van der Waals surface area contributed by atoms with E-state index in [0.29, 0.717) is 0 Å². The number of aryl methyl sites for hydroxylation is 2. The van der Waals surface area contributed by atoms with Crippen LogP contribution in [0.2, 0.25) is 0 Å². The molecule has 0 amide bonds. The van der Waals surface area contributed by atoms with E-state index >= 15 is 0 Å². The molecule has 4 nitrogen and oxygen atoms in total. The molecule has 0 N–H and O–H groups in total. The topological polar surface area (TPSA) is 52.0 Å². The second-order valence-electron chi connectivity index (χ2n) is 5.13. The Balaban J connectivity index is 2.26. The number of hydrogen-bond donors (Lipinski definition) is 0. The maximum Gasteiger partial charge on any atom is 0.263 e. The summed E-state index contributed by atoms with van der Waals surface area (Å²) in [6.07, 6.45) is 5.86. The Morgan fingerprint density at radius 2 is 2.16 bits per heavy atom. The van der Waals surface area contributed by atoms with Crippen molar-refractivity contribution < 1.29 is 4.79 Å². The zero-order valence-electron chi connectivity index (χ0n) is 11.1. The molecule has 0 spiro atoms. The summed E-state index contributed by atoms with van der Waals surface area (Å²) in [5, 5.41) is 0.746. The van der Waals surface area contributed by atoms with Gasteiger partial charge in [0.1, 0.15) is 4.83 Å². The standard InChI is InChI=1S/C14H16N2O2S/c1-8(9(2)17)16-7-15-13-12(14(16)18)10-5-3-4-6-11(10)19-13/h7-8H,3-6H2,1-2H3/t8-/m1/s1. The SMILES string of the molecule is CC(=O)[C@@H](C)n1cnc2sc3c(c2c1=O)CCCC3. The van der Waals surface area contributed by atoms with Crippen molar-refractivity contribution in [2.75, 3.05) is 0 Å². The van der Waals surface area contributed by atoms with Crippen LogP contribution in [-0.4, -0.2) is 15.3 Å². The average molecular weight is 276 g/mol. The van der Waals surface area contributed by atoms with Crippen molar-refractivity contribution in [1.82, 2.24) is 9.55 Å². The first kappa shape index (κ1) is 12.5. The molecule has 0 saturated carbocycles. The summed E-state index contributed by atoms with van der Waals surface area (Å²) in [4.78, 5) is 30.6. The van der Waals surface area contributed by atoms with Crippen molar-refractivity contribution in [3.05, 3.63) is 27.1 Å². The summed E-state index contributed by atoms with van der Waals surface area (Å²) in [7, 11) is 0. The molecule has 19 heavy (non-hydrogen) atoms. The fraction of sp³-hybridized carbons (Fsp3) is 0.500. The molecule has 0 saturated heterocycles. The van der Waals surface area contributed by atoms with Gasteiger partial charge in [0.15, 0.2) is 5.78 Å². The molecule has 1 atom stereocenters. The van der Waals surface area contributed by atoms with Gasteiger partial charge in [-0.2, -0.15) is 0 Å². The highest BCUT2D eigenvalue weighted by Crippen LogP contribution is 2.33. The van der Waals surface area contributed by atoms with Gasteiger partial charge >= 0.3 is 0 Å². The van der Waals surface area contributed by atoms with Gasteiger partial charge in [-0.25, -0.2) is 4.98 Å². The zero-order valence-corrected chi connectivity index (χ0v) is 11.9. The van der Waals surface area contributed by atoms with Crippen LogP contribution in [0.3, 0.4) is 0 Å². The summed E-state index contributed by atoms with van der Waals surface area (Å²) in [6.45, 7) is 3.25. The van der Waals surface area contributed by atoms with E-state index in [1.165, 1.54) is 34.7 Å². The summed E-state index contributed by atoms with van der Waals surface area (Å²) < 4.78 is 1.46. The third kappa shape index (κ3) is 1.92. The minimum atomic E-state index is -0.441. The molecule has 5 heteroatoms. The number of nitrogens with zero attached hydrogens (tertiary/aromatic N) is 2. The fourth-order valence-corrected chi connectivity index (χ4v) is 3.85. The molecule has 1 aliphatic rings. The van der Waals surface area contributed by atoms with E-state index in [2.05, 4.69) is 4.98 Å². The summed E-state index contributed by atoms with van der Waals surface area (Å²) in [5.41, 5.74) is 1.11. The number of thiophene rings is 1. The lowest BCUT2D eigenvalue weighted by molar-refractivity contribution is -0.119. The number of aromatic nitrogens is 2. The highest BCUT2D eigenvalue weighted by atomic mass is 32.1. The number of carbonyl (C=O) groups excluding carboxylic acids is 1. The van der Waals surface area contributed by atoms with Crippen LogP contribution < -0.4 is 5.56 Å². The minimum absolute atomic E-state index is 0.0210. The van der Waals surface area contributed by atoms with E-state index in [-0.39, 0.29) is 11.3 Å². The maximum atomic E-state index is 12.6. The van der Waals surface area contributed by atoms with Gasteiger partial charge in [0, 0.05) is 4.88 Å². The second kappa shape index (κ2) is 4.56. The lowest BCUT2D eigenvalue weighted by Gasteiger charge is -2.12. The van der Waals surface area contributed by atoms with Gasteiger partial charge in [0.05, 0.1) is 17.8 Å². The molecule has 0 aliphatic heterocycles. The Bertz CT molecular complexity index is 714. The Hall–Kier alpha value is -1.49. The van der Waals surface area contributed by atoms with Crippen molar-refractivity contribution in [3.8, 4) is 0 Å². The number of fused-ring (bicyclic) bond motifs is 3. The van der Waals surface area contributed by atoms with Gasteiger partial charge in [-0.15, -0.1) is 11.3 Å². The fourth-order valence-electron chi connectivity index (χ4n) is 2.63. The van der Waals surface area contributed by atoms with E-state index in [9.17, 15) is 9.59 Å². The third-order valence-electron chi connectivity index (χ3n) is 3.91. The van der Waals surface area contributed by atoms with Gasteiger partial charge in [-0.05, 0) is 45.1 Å². The molecule has 0 fully saturated rings. The Morgan fingerprint density at radius 1 is 1.42 bits per heavy atom. The number of ketones is 1. The van der Waals surface area contributed by atoms with Crippen LogP contribution >= 0.6 is 11.3 Å². The average Bonchev–Trinajstić information content (AvgIpc) is 2.77. The molecule has 0 bridgehead atoms. The number of hydrogen-bond acceptors (Lipinski definition) is 4. The first-order chi connectivity index (χ1) is 9.09. The molecule has 2 aromatic rings. The number of Topliss-reactive ketones (excluding diaryl/α,β-unsaturated/α-hetero) is 1. The van der Waals surface area contributed by atoms with Crippen LogP contribution in [0.15, 0.2) is 11.1 Å². The molecule has 0 aromatic carbocycles. The number of carbonyl (C=O) groups is 1. The largest absolute Gasteiger partial charge is 0.298 e. The molecule has 3 rings (SSSR count). The molecular weight excluding hydrogens is 260 g/mol. The van der Waals surface area contributed by atoms with E-state index in [1.807, 2.05) is 0 Å². The smallest absolute Gasteiger partial charge is 0.263 e. The zero-order chi connectivity index (χ0) is 13.6. The quantitative estimate of drug-likeness (QED) is 0.846. The second-order valence-corrected chi connectivity index (χ2v) is 6.22. The lowest BCUT2D eigenvalue weighted by Crippen LogP contribution is -2.27. The summed E-state index contributed by atoms with van der Waals surface area (Å²) in [6, 6.07) is -0.441. The summed E-state index contributed by atoms with van der Waals surface area (Å²) in [5.74, 6) is -0.0210. The van der Waals surface area contributed by atoms with Crippen molar-refractivity contribution in [2.45, 2.75) is 45.6 Å². The van der Waals surface area contributed by atoms with Gasteiger partial charge in [-0.1, -0.05) is 0 Å². The van der Waals surface area contributed by atoms with E-state index in [0.717, 1.165) is 29.5 Å². The van der Waals surface area contributed by atoms with Crippen LogP contribution in [0.5, 0.6) is 0 Å². The first-order valence-corrected chi connectivity index (χ1v) is 7.43. The van der Waals surface area contributed by atoms with Crippen molar-refractivity contribution >= 4 is 27.3 Å². The van der Waals surface area contributed by atoms with Gasteiger partial charge in [-0.3, -0.25) is 14.2 Å². The predicted octanol–water partition coefficient (Wildman–Crippen LogP) is 2.49. The van der Waals surface area contributed by atoms with Crippen molar-refractivity contribution in [2.24, 2.45) is 0 Å². The number of rotatable bonds is 2. The van der Waals surface area contributed by atoms with Crippen LogP contribution in [0, 0.1) is 0 Å². The predicted molar refractivity (Wildman–Crippen MR) is 75.9 cm³/mol. The lowest BCUT2D eigenvalue weighted by atomic mass is 9.97. The van der Waals surface area contributed by atoms with E-state index < -0.39 is 6.04 Å². The van der Waals surface area contributed by atoms with E-state index in [1.54, 1.807) is 18.3 Å². The molecule has 0 radical (unpaired) electrons. The van der Waals surface area contributed by atoms with Crippen molar-refractivity contribution in [3.63, 3.8) is 0 Å². The Morgan fingerprint density at radius 3 is 2.89 bits per heavy atom. The van der Waals surface area contributed by atoms with Crippen molar-refractivity contribution in [1.29, 1.82) is 0 Å². The Kier molecular flexibility index (Phi) is 3.01. The van der Waals surface area contributed by atoms with Crippen LogP contribution in [0.4, 0.5) is 0 Å². The van der Waals surface area contributed by atoms with E-state index in [4.69, 9.17) is 0 Å². The monoisotopic (exact) mass is 276 g/mol. The normalized spacial score (nSPS) is 16.3. The van der Waals surface area contributed by atoms with Gasteiger partial charge in [0.2, 0.25) is 0 Å². The molecule has 0 unspecified atom stereocenters. The minimum Gasteiger partial charge on any atom is -0.298 e. The molecular formula is C14H16N2O2S. The molecule has 100 valence electrons. The first-order valence-electron chi connectivity index (χ1n) is 6.61.